The van der Waals surface area contributed by atoms with Crippen LogP contribution in [0.25, 0.3) is 16.7 Å². The van der Waals surface area contributed by atoms with Crippen LogP contribution >= 0.6 is 0 Å². The predicted octanol–water partition coefficient (Wildman–Crippen LogP) is 2.85. The van der Waals surface area contributed by atoms with E-state index >= 15 is 0 Å². The van der Waals surface area contributed by atoms with E-state index in [1.807, 2.05) is 43.3 Å². The number of para-hydroxylation sites is 1. The zero-order valence-corrected chi connectivity index (χ0v) is 14.6. The van der Waals surface area contributed by atoms with Crippen LogP contribution in [0.3, 0.4) is 0 Å². The van der Waals surface area contributed by atoms with Gasteiger partial charge in [0.05, 0.1) is 5.39 Å². The van der Waals surface area contributed by atoms with E-state index in [-0.39, 0.29) is 11.5 Å². The van der Waals surface area contributed by atoms with E-state index in [4.69, 9.17) is 0 Å². The predicted molar refractivity (Wildman–Crippen MR) is 102 cm³/mol. The highest BCUT2D eigenvalue weighted by Gasteiger charge is 2.22. The number of hydrogen-bond acceptors (Lipinski definition) is 3. The molecule has 3 heterocycles. The van der Waals surface area contributed by atoms with E-state index < -0.39 is 0 Å². The lowest BCUT2D eigenvalue weighted by molar-refractivity contribution is 0.0981. The fourth-order valence-electron chi connectivity index (χ4n) is 3.22. The van der Waals surface area contributed by atoms with E-state index in [9.17, 15) is 9.59 Å². The molecule has 0 unspecified atom stereocenters. The average Bonchev–Trinajstić information content (AvgIpc) is 3.00. The molecule has 0 bridgehead atoms. The Kier molecular flexibility index (Phi) is 3.80. The second kappa shape index (κ2) is 6.15. The van der Waals surface area contributed by atoms with Crippen LogP contribution in [0.2, 0.25) is 0 Å². The molecule has 1 amide bonds. The Balaban J connectivity index is 1.90. The highest BCUT2D eigenvalue weighted by molar-refractivity contribution is 6.07. The van der Waals surface area contributed by atoms with Gasteiger partial charge in [0.2, 0.25) is 0 Å². The molecular weight excluding hydrogens is 328 g/mol. The molecule has 0 saturated heterocycles. The van der Waals surface area contributed by atoms with Gasteiger partial charge in [-0.25, -0.2) is 4.98 Å². The topological polar surface area (TPSA) is 59.6 Å². The van der Waals surface area contributed by atoms with Crippen molar-refractivity contribution in [2.45, 2.75) is 6.92 Å². The molecule has 3 aromatic heterocycles. The average molecular weight is 346 g/mol. The number of aryl methyl sites for hydroxylation is 1. The molecular formula is C20H18N4O2. The number of benzene rings is 1. The summed E-state index contributed by atoms with van der Waals surface area (Å²) in [7, 11) is 1.76. The van der Waals surface area contributed by atoms with Crippen molar-refractivity contribution in [3.8, 4) is 0 Å². The third-order valence-electron chi connectivity index (χ3n) is 4.56. The van der Waals surface area contributed by atoms with Crippen LogP contribution in [-0.2, 0) is 7.05 Å². The van der Waals surface area contributed by atoms with Crippen LogP contribution in [0.4, 0.5) is 5.69 Å². The molecule has 0 fully saturated rings. The molecule has 0 N–H and O–H groups in total. The first-order chi connectivity index (χ1) is 12.6. The molecule has 0 aliphatic rings. The highest BCUT2D eigenvalue weighted by Crippen LogP contribution is 2.20. The first-order valence-corrected chi connectivity index (χ1v) is 8.45. The van der Waals surface area contributed by atoms with Gasteiger partial charge >= 0.3 is 0 Å². The van der Waals surface area contributed by atoms with Crippen LogP contribution in [0.15, 0.2) is 65.6 Å². The second-order valence-corrected chi connectivity index (χ2v) is 6.06. The van der Waals surface area contributed by atoms with Gasteiger partial charge in [0.25, 0.3) is 11.5 Å². The molecule has 0 aliphatic carbocycles. The molecule has 6 nitrogen and oxygen atoms in total. The maximum absolute atomic E-state index is 13.1. The van der Waals surface area contributed by atoms with Gasteiger partial charge in [0, 0.05) is 25.5 Å². The van der Waals surface area contributed by atoms with Crippen LogP contribution in [0, 0.1) is 0 Å². The lowest BCUT2D eigenvalue weighted by atomic mass is 10.2. The van der Waals surface area contributed by atoms with Crippen molar-refractivity contribution < 1.29 is 4.79 Å². The van der Waals surface area contributed by atoms with Crippen LogP contribution in [0.5, 0.6) is 0 Å². The zero-order chi connectivity index (χ0) is 18.3. The minimum Gasteiger partial charge on any atom is -0.324 e. The lowest BCUT2D eigenvalue weighted by Crippen LogP contribution is -2.31. The van der Waals surface area contributed by atoms with Crippen LogP contribution in [-0.4, -0.2) is 26.4 Å². The highest BCUT2D eigenvalue weighted by atomic mass is 16.2. The van der Waals surface area contributed by atoms with Crippen molar-refractivity contribution in [1.29, 1.82) is 0 Å². The maximum Gasteiger partial charge on any atom is 0.274 e. The van der Waals surface area contributed by atoms with Crippen molar-refractivity contribution in [1.82, 2.24) is 14.0 Å². The molecule has 0 aliphatic heterocycles. The summed E-state index contributed by atoms with van der Waals surface area (Å²) >= 11 is 0. The van der Waals surface area contributed by atoms with E-state index in [1.54, 1.807) is 40.9 Å². The van der Waals surface area contributed by atoms with Gasteiger partial charge in [0.15, 0.2) is 0 Å². The summed E-state index contributed by atoms with van der Waals surface area (Å²) in [6.45, 7) is 2.45. The van der Waals surface area contributed by atoms with Gasteiger partial charge in [0.1, 0.15) is 17.0 Å². The Morgan fingerprint density at radius 3 is 2.58 bits per heavy atom. The van der Waals surface area contributed by atoms with Crippen molar-refractivity contribution in [3.63, 3.8) is 0 Å². The van der Waals surface area contributed by atoms with Crippen molar-refractivity contribution in [2.75, 3.05) is 11.4 Å². The molecule has 130 valence electrons. The Hall–Kier alpha value is -3.41. The lowest BCUT2D eigenvalue weighted by Gasteiger charge is -2.21. The number of pyridine rings is 1. The van der Waals surface area contributed by atoms with Crippen molar-refractivity contribution >= 4 is 28.3 Å². The number of aromatic nitrogens is 3. The fourth-order valence-corrected chi connectivity index (χ4v) is 3.22. The fraction of sp³-hybridized carbons (Fsp3) is 0.150. The van der Waals surface area contributed by atoms with Crippen LogP contribution < -0.4 is 10.5 Å². The number of hydrogen-bond donors (Lipinski definition) is 0. The minimum absolute atomic E-state index is 0.160. The standard InChI is InChI=1S/C20H18N4O2/c1-3-23(14-9-5-4-6-10-14)20(26)16-13-15-18(22(16)2)21-17-11-7-8-12-24(17)19(15)25/h4-13H,3H2,1-2H3. The van der Waals surface area contributed by atoms with Crippen molar-refractivity contribution in [2.24, 2.45) is 7.05 Å². The Labute approximate surface area is 149 Å². The first-order valence-electron chi connectivity index (χ1n) is 8.45. The van der Waals surface area contributed by atoms with E-state index in [2.05, 4.69) is 4.98 Å². The molecule has 0 saturated carbocycles. The minimum atomic E-state index is -0.178. The number of carbonyl (C=O) groups excluding carboxylic acids is 1. The van der Waals surface area contributed by atoms with E-state index in [0.717, 1.165) is 5.69 Å². The molecule has 1 aromatic carbocycles. The van der Waals surface area contributed by atoms with Crippen molar-refractivity contribution in [3.05, 3.63) is 76.8 Å². The summed E-state index contributed by atoms with van der Waals surface area (Å²) in [4.78, 5) is 32.2. The zero-order valence-electron chi connectivity index (χ0n) is 14.6. The molecule has 0 spiro atoms. The monoisotopic (exact) mass is 346 g/mol. The smallest absolute Gasteiger partial charge is 0.274 e. The summed E-state index contributed by atoms with van der Waals surface area (Å²) in [6, 6.07) is 16.5. The third-order valence-corrected chi connectivity index (χ3v) is 4.56. The van der Waals surface area contributed by atoms with Crippen LogP contribution in [0.1, 0.15) is 17.4 Å². The Bertz CT molecular complexity index is 1180. The van der Waals surface area contributed by atoms with E-state index in [0.29, 0.717) is 28.9 Å². The summed E-state index contributed by atoms with van der Waals surface area (Å²) in [5, 5.41) is 0.434. The summed E-state index contributed by atoms with van der Waals surface area (Å²) in [5.41, 5.74) is 2.14. The first kappa shape index (κ1) is 16.1. The Morgan fingerprint density at radius 2 is 1.85 bits per heavy atom. The normalized spacial score (nSPS) is 11.2. The molecule has 4 rings (SSSR count). The summed E-state index contributed by atoms with van der Waals surface area (Å²) in [5.74, 6) is -0.160. The van der Waals surface area contributed by atoms with Gasteiger partial charge in [-0.05, 0) is 37.3 Å². The number of amides is 1. The number of nitrogens with zero attached hydrogens (tertiary/aromatic N) is 4. The molecule has 4 aromatic rings. The quantitative estimate of drug-likeness (QED) is 0.573. The molecule has 0 radical (unpaired) electrons. The second-order valence-electron chi connectivity index (χ2n) is 6.06. The SMILES string of the molecule is CCN(C(=O)c1cc2c(=O)n3ccccc3nc2n1C)c1ccccc1. The number of anilines is 1. The molecule has 26 heavy (non-hydrogen) atoms. The van der Waals surface area contributed by atoms with Gasteiger partial charge < -0.3 is 9.47 Å². The maximum atomic E-state index is 13.1. The van der Waals surface area contributed by atoms with Gasteiger partial charge in [-0.3, -0.25) is 14.0 Å². The third kappa shape index (κ3) is 2.38. The van der Waals surface area contributed by atoms with Gasteiger partial charge in [-0.15, -0.1) is 0 Å². The number of fused-ring (bicyclic) bond motifs is 2. The largest absolute Gasteiger partial charge is 0.324 e. The molecule has 6 heteroatoms. The number of carbonyl (C=O) groups is 1. The Morgan fingerprint density at radius 1 is 1.12 bits per heavy atom. The van der Waals surface area contributed by atoms with Gasteiger partial charge in [-0.1, -0.05) is 24.3 Å². The van der Waals surface area contributed by atoms with Gasteiger partial charge in [-0.2, -0.15) is 0 Å². The summed E-state index contributed by atoms with van der Waals surface area (Å²) in [6.07, 6.45) is 1.68. The van der Waals surface area contributed by atoms with E-state index in [1.165, 1.54) is 4.40 Å². The summed E-state index contributed by atoms with van der Waals surface area (Å²) < 4.78 is 3.18. The molecule has 0 atom stereocenters. The number of rotatable bonds is 3.